The van der Waals surface area contributed by atoms with Crippen molar-refractivity contribution in [3.05, 3.63) is 57.3 Å². The molecule has 0 fully saturated rings. The fraction of sp³-hybridized carbons (Fsp3) is 0.133. The predicted molar refractivity (Wildman–Crippen MR) is 84.6 cm³/mol. The number of ether oxygens (including phenoxy) is 2. The first-order valence-corrected chi connectivity index (χ1v) is 7.33. The van der Waals surface area contributed by atoms with Gasteiger partial charge in [-0.25, -0.2) is 4.79 Å². The van der Waals surface area contributed by atoms with Crippen LogP contribution >= 0.6 is 27.5 Å². The summed E-state index contributed by atoms with van der Waals surface area (Å²) in [6.45, 7) is -0.381. The largest absolute Gasteiger partial charge is 0.495 e. The van der Waals surface area contributed by atoms with Crippen LogP contribution in [0, 0.1) is 0 Å². The molecule has 0 radical (unpaired) electrons. The third-order valence-corrected chi connectivity index (χ3v) is 3.48. The van der Waals surface area contributed by atoms with E-state index < -0.39 is 5.97 Å². The number of halogens is 2. The Morgan fingerprint density at radius 3 is 2.64 bits per heavy atom. The summed E-state index contributed by atoms with van der Waals surface area (Å²) < 4.78 is 10.6. The van der Waals surface area contributed by atoms with Crippen molar-refractivity contribution in [3.63, 3.8) is 0 Å². The first kappa shape index (κ1) is 16.5. The minimum absolute atomic E-state index is 0.259. The molecule has 7 heteroatoms. The van der Waals surface area contributed by atoms with E-state index in [0.29, 0.717) is 20.8 Å². The number of hydrogen-bond donors (Lipinski definition) is 0. The fourth-order valence-electron chi connectivity index (χ4n) is 1.66. The number of methoxy groups -OCH3 is 1. The number of carbonyl (C=O) groups is 2. The summed E-state index contributed by atoms with van der Waals surface area (Å²) >= 11 is 9.16. The zero-order valence-corrected chi connectivity index (χ0v) is 13.8. The molecular formula is C15H11BrClNO4. The van der Waals surface area contributed by atoms with Gasteiger partial charge in [0.1, 0.15) is 5.75 Å². The van der Waals surface area contributed by atoms with E-state index in [-0.39, 0.29) is 18.0 Å². The first-order chi connectivity index (χ1) is 10.5. The summed E-state index contributed by atoms with van der Waals surface area (Å²) in [6, 6.07) is 6.17. The molecule has 1 heterocycles. The number of pyridine rings is 1. The Balaban J connectivity index is 2.00. The van der Waals surface area contributed by atoms with Gasteiger partial charge in [0, 0.05) is 22.4 Å². The van der Waals surface area contributed by atoms with Crippen molar-refractivity contribution < 1.29 is 19.1 Å². The van der Waals surface area contributed by atoms with E-state index in [0.717, 1.165) is 0 Å². The minimum atomic E-state index is -0.623. The lowest BCUT2D eigenvalue weighted by atomic mass is 10.1. The summed E-state index contributed by atoms with van der Waals surface area (Å²) in [6.07, 6.45) is 2.91. The smallest absolute Gasteiger partial charge is 0.340 e. The van der Waals surface area contributed by atoms with Crippen molar-refractivity contribution in [2.75, 3.05) is 13.7 Å². The van der Waals surface area contributed by atoms with E-state index in [1.807, 2.05) is 0 Å². The first-order valence-electron chi connectivity index (χ1n) is 6.15. The number of nitrogens with zero attached hydrogens (tertiary/aromatic N) is 1. The highest BCUT2D eigenvalue weighted by molar-refractivity contribution is 9.10. The molecule has 1 aromatic carbocycles. The van der Waals surface area contributed by atoms with Crippen LogP contribution < -0.4 is 4.74 Å². The molecule has 0 saturated heterocycles. The van der Waals surface area contributed by atoms with Gasteiger partial charge in [-0.2, -0.15) is 0 Å². The average Bonchev–Trinajstić information content (AvgIpc) is 2.52. The monoisotopic (exact) mass is 383 g/mol. The van der Waals surface area contributed by atoms with E-state index in [4.69, 9.17) is 21.1 Å². The summed E-state index contributed by atoms with van der Waals surface area (Å²) in [5.41, 5.74) is 0.598. The Bertz CT molecular complexity index is 720. The number of Topliss-reactive ketones (excluding diaryl/α,β-unsaturated/α-hetero) is 1. The maximum absolute atomic E-state index is 12.0. The van der Waals surface area contributed by atoms with Gasteiger partial charge < -0.3 is 9.47 Å². The second-order valence-electron chi connectivity index (χ2n) is 4.24. The quantitative estimate of drug-likeness (QED) is 0.583. The third kappa shape index (κ3) is 4.05. The lowest BCUT2D eigenvalue weighted by Crippen LogP contribution is -2.14. The number of aromatic nitrogens is 1. The van der Waals surface area contributed by atoms with Crippen molar-refractivity contribution in [1.29, 1.82) is 0 Å². The molecular weight excluding hydrogens is 374 g/mol. The number of carbonyl (C=O) groups excluding carboxylic acids is 2. The Morgan fingerprint density at radius 1 is 1.23 bits per heavy atom. The number of hydrogen-bond acceptors (Lipinski definition) is 5. The molecule has 114 valence electrons. The van der Waals surface area contributed by atoms with Crippen LogP contribution in [0.3, 0.4) is 0 Å². The van der Waals surface area contributed by atoms with Gasteiger partial charge in [-0.3, -0.25) is 9.78 Å². The van der Waals surface area contributed by atoms with Gasteiger partial charge in [0.2, 0.25) is 0 Å². The molecule has 0 saturated carbocycles. The Labute approximate surface area is 140 Å². The molecule has 0 aliphatic heterocycles. The molecule has 1 aromatic heterocycles. The van der Waals surface area contributed by atoms with E-state index in [2.05, 4.69) is 20.9 Å². The molecule has 22 heavy (non-hydrogen) atoms. The van der Waals surface area contributed by atoms with E-state index in [9.17, 15) is 9.59 Å². The van der Waals surface area contributed by atoms with E-state index >= 15 is 0 Å². The summed E-state index contributed by atoms with van der Waals surface area (Å²) in [7, 11) is 1.48. The Kier molecular flexibility index (Phi) is 5.51. The van der Waals surface area contributed by atoms with Crippen LogP contribution in [0.1, 0.15) is 20.7 Å². The van der Waals surface area contributed by atoms with Crippen molar-refractivity contribution in [3.8, 4) is 5.75 Å². The van der Waals surface area contributed by atoms with Crippen LogP contribution in [0.5, 0.6) is 5.75 Å². The molecule has 2 aromatic rings. The van der Waals surface area contributed by atoms with Crippen molar-refractivity contribution in [1.82, 2.24) is 4.98 Å². The topological polar surface area (TPSA) is 65.5 Å². The standard InChI is InChI=1S/C15H11BrClNO4/c1-21-14-3-2-9(5-12(14)17)13(19)8-22-15(20)10-4-11(16)7-18-6-10/h2-7H,8H2,1H3. The molecule has 2 rings (SSSR count). The molecule has 0 spiro atoms. The number of rotatable bonds is 5. The van der Waals surface area contributed by atoms with Crippen LogP contribution in [0.2, 0.25) is 5.02 Å². The molecule has 0 atom stereocenters. The van der Waals surface area contributed by atoms with Crippen LogP contribution in [0.15, 0.2) is 41.1 Å². The number of ketones is 1. The zero-order chi connectivity index (χ0) is 16.1. The van der Waals surface area contributed by atoms with Crippen LogP contribution in [0.25, 0.3) is 0 Å². The van der Waals surface area contributed by atoms with Gasteiger partial charge in [-0.1, -0.05) is 11.6 Å². The molecule has 0 amide bonds. The molecule has 0 bridgehead atoms. The van der Waals surface area contributed by atoms with Gasteiger partial charge in [-0.15, -0.1) is 0 Å². The second kappa shape index (κ2) is 7.38. The summed E-state index contributed by atoms with van der Waals surface area (Å²) in [5, 5.41) is 0.316. The van der Waals surface area contributed by atoms with E-state index in [1.165, 1.54) is 19.4 Å². The molecule has 0 aliphatic rings. The number of benzene rings is 1. The van der Waals surface area contributed by atoms with Gasteiger partial charge >= 0.3 is 5.97 Å². The van der Waals surface area contributed by atoms with Gasteiger partial charge in [-0.05, 0) is 40.2 Å². The van der Waals surface area contributed by atoms with Gasteiger partial charge in [0.25, 0.3) is 0 Å². The number of esters is 1. The van der Waals surface area contributed by atoms with Gasteiger partial charge in [0.05, 0.1) is 17.7 Å². The summed E-state index contributed by atoms with van der Waals surface area (Å²) in [4.78, 5) is 27.7. The highest BCUT2D eigenvalue weighted by atomic mass is 79.9. The Morgan fingerprint density at radius 2 is 2.00 bits per heavy atom. The molecule has 5 nitrogen and oxygen atoms in total. The highest BCUT2D eigenvalue weighted by Gasteiger charge is 2.14. The van der Waals surface area contributed by atoms with Crippen molar-refractivity contribution in [2.45, 2.75) is 0 Å². The maximum Gasteiger partial charge on any atom is 0.340 e. The summed E-state index contributed by atoms with van der Waals surface area (Å²) in [5.74, 6) is -0.516. The van der Waals surface area contributed by atoms with Crippen LogP contribution in [-0.4, -0.2) is 30.5 Å². The van der Waals surface area contributed by atoms with Gasteiger partial charge in [0.15, 0.2) is 12.4 Å². The SMILES string of the molecule is COc1ccc(C(=O)COC(=O)c2cncc(Br)c2)cc1Cl. The predicted octanol–water partition coefficient (Wildman–Crippen LogP) is 3.55. The zero-order valence-electron chi connectivity index (χ0n) is 11.5. The van der Waals surface area contributed by atoms with Crippen LogP contribution in [-0.2, 0) is 4.74 Å². The second-order valence-corrected chi connectivity index (χ2v) is 5.56. The maximum atomic E-state index is 12.0. The molecule has 0 unspecified atom stereocenters. The minimum Gasteiger partial charge on any atom is -0.495 e. The Hall–Kier alpha value is -1.92. The average molecular weight is 385 g/mol. The van der Waals surface area contributed by atoms with E-state index in [1.54, 1.807) is 24.4 Å². The lowest BCUT2D eigenvalue weighted by molar-refractivity contribution is 0.0474. The highest BCUT2D eigenvalue weighted by Crippen LogP contribution is 2.25. The lowest BCUT2D eigenvalue weighted by Gasteiger charge is -2.07. The molecule has 0 aliphatic carbocycles. The fourth-order valence-corrected chi connectivity index (χ4v) is 2.28. The molecule has 0 N–H and O–H groups in total. The third-order valence-electron chi connectivity index (χ3n) is 2.75. The normalized spacial score (nSPS) is 10.1. The van der Waals surface area contributed by atoms with Crippen LogP contribution in [0.4, 0.5) is 0 Å². The van der Waals surface area contributed by atoms with Crippen molar-refractivity contribution >= 4 is 39.3 Å². The van der Waals surface area contributed by atoms with Crippen molar-refractivity contribution in [2.24, 2.45) is 0 Å².